The van der Waals surface area contributed by atoms with Crippen LogP contribution in [0.15, 0.2) is 85.2 Å². The number of nitrogens with zero attached hydrogens (tertiary/aromatic N) is 3. The summed E-state index contributed by atoms with van der Waals surface area (Å²) in [5.41, 5.74) is 6.07. The standard InChI is InChI=1S/C25H29N3O.C7H7F/c1-18-9-10-21-11-12-22(16-23(18)21)28(17-24-26-13-14-27(24)3)25(29)15-19(2)20-7-5-4-6-8-20;1-6-2-4-7(8)5-3-6/h4-8,11-14,16,18-19H,9-10,15,17H2,1-3H3;2-5H,1H3/t18-,19+;/m1./s1. The summed E-state index contributed by atoms with van der Waals surface area (Å²) >= 11 is 0. The zero-order valence-corrected chi connectivity index (χ0v) is 22.2. The number of carbonyl (C=O) groups is 1. The highest BCUT2D eigenvalue weighted by atomic mass is 19.1. The van der Waals surface area contributed by atoms with Crippen LogP contribution in [0, 0.1) is 12.7 Å². The van der Waals surface area contributed by atoms with Crippen molar-refractivity contribution >= 4 is 11.6 Å². The Morgan fingerprint density at radius 2 is 1.84 bits per heavy atom. The van der Waals surface area contributed by atoms with Crippen LogP contribution in [-0.2, 0) is 24.8 Å². The van der Waals surface area contributed by atoms with Crippen molar-refractivity contribution in [2.75, 3.05) is 4.90 Å². The molecule has 0 spiro atoms. The number of halogens is 1. The fourth-order valence-electron chi connectivity index (χ4n) is 4.78. The average molecular weight is 498 g/mol. The first-order valence-corrected chi connectivity index (χ1v) is 13.0. The lowest BCUT2D eigenvalue weighted by Gasteiger charge is -2.25. The zero-order valence-electron chi connectivity index (χ0n) is 22.2. The van der Waals surface area contributed by atoms with E-state index in [0.29, 0.717) is 18.9 Å². The second-order valence-corrected chi connectivity index (χ2v) is 10.1. The Balaban J connectivity index is 0.000000342. The molecule has 5 heteroatoms. The largest absolute Gasteiger partial charge is 0.337 e. The molecule has 0 saturated heterocycles. The van der Waals surface area contributed by atoms with E-state index in [1.807, 2.05) is 47.8 Å². The first-order valence-electron chi connectivity index (χ1n) is 13.0. The predicted octanol–water partition coefficient (Wildman–Crippen LogP) is 7.33. The minimum absolute atomic E-state index is 0.134. The number of fused-ring (bicyclic) bond motifs is 1. The Morgan fingerprint density at radius 1 is 1.11 bits per heavy atom. The van der Waals surface area contributed by atoms with Crippen LogP contribution < -0.4 is 4.90 Å². The molecule has 192 valence electrons. The van der Waals surface area contributed by atoms with Gasteiger partial charge in [0.1, 0.15) is 11.6 Å². The van der Waals surface area contributed by atoms with Gasteiger partial charge in [-0.3, -0.25) is 4.79 Å². The molecule has 1 aliphatic carbocycles. The molecule has 0 bridgehead atoms. The van der Waals surface area contributed by atoms with Crippen molar-refractivity contribution in [3.05, 3.63) is 119 Å². The van der Waals surface area contributed by atoms with Crippen LogP contribution in [0.5, 0.6) is 0 Å². The molecule has 0 fully saturated rings. The van der Waals surface area contributed by atoms with Crippen LogP contribution in [0.1, 0.15) is 66.6 Å². The van der Waals surface area contributed by atoms with Crippen molar-refractivity contribution in [3.63, 3.8) is 0 Å². The fraction of sp³-hybridized carbons (Fsp3) is 0.312. The van der Waals surface area contributed by atoms with Gasteiger partial charge < -0.3 is 9.47 Å². The number of benzene rings is 3. The van der Waals surface area contributed by atoms with Crippen molar-refractivity contribution in [2.45, 2.75) is 58.4 Å². The van der Waals surface area contributed by atoms with E-state index in [-0.39, 0.29) is 17.6 Å². The topological polar surface area (TPSA) is 38.1 Å². The predicted molar refractivity (Wildman–Crippen MR) is 148 cm³/mol. The van der Waals surface area contributed by atoms with Crippen LogP contribution in [-0.4, -0.2) is 15.5 Å². The quantitative estimate of drug-likeness (QED) is 0.280. The minimum atomic E-state index is -0.171. The lowest BCUT2D eigenvalue weighted by molar-refractivity contribution is -0.119. The van der Waals surface area contributed by atoms with Gasteiger partial charge in [-0.1, -0.05) is 67.9 Å². The van der Waals surface area contributed by atoms with Gasteiger partial charge in [0.25, 0.3) is 0 Å². The molecule has 4 aromatic rings. The van der Waals surface area contributed by atoms with Crippen molar-refractivity contribution < 1.29 is 9.18 Å². The molecular formula is C32H36FN3O. The molecular weight excluding hydrogens is 461 g/mol. The Bertz CT molecular complexity index is 1290. The molecule has 1 heterocycles. The number of amides is 1. The third-order valence-electron chi connectivity index (χ3n) is 7.20. The van der Waals surface area contributed by atoms with Gasteiger partial charge in [0, 0.05) is 31.5 Å². The third-order valence-corrected chi connectivity index (χ3v) is 7.20. The summed E-state index contributed by atoms with van der Waals surface area (Å²) in [5, 5.41) is 0. The van der Waals surface area contributed by atoms with E-state index in [2.05, 4.69) is 49.2 Å². The molecule has 5 rings (SSSR count). The fourth-order valence-corrected chi connectivity index (χ4v) is 4.78. The maximum Gasteiger partial charge on any atom is 0.228 e. The number of carbonyl (C=O) groups excluding carboxylic acids is 1. The summed E-state index contributed by atoms with van der Waals surface area (Å²) in [4.78, 5) is 19.8. The lowest BCUT2D eigenvalue weighted by Crippen LogP contribution is -2.32. The molecule has 1 aliphatic rings. The molecule has 0 saturated carbocycles. The van der Waals surface area contributed by atoms with Gasteiger partial charge in [0.15, 0.2) is 0 Å². The maximum atomic E-state index is 13.4. The summed E-state index contributed by atoms with van der Waals surface area (Å²) in [6.07, 6.45) is 6.51. The summed E-state index contributed by atoms with van der Waals surface area (Å²) in [6, 6.07) is 23.2. The van der Waals surface area contributed by atoms with Gasteiger partial charge in [-0.15, -0.1) is 0 Å². The highest BCUT2D eigenvalue weighted by Crippen LogP contribution is 2.36. The number of rotatable bonds is 6. The molecule has 0 aliphatic heterocycles. The number of aryl methyl sites for hydroxylation is 3. The van der Waals surface area contributed by atoms with Gasteiger partial charge in [-0.05, 0) is 72.6 Å². The van der Waals surface area contributed by atoms with E-state index in [9.17, 15) is 9.18 Å². The summed E-state index contributed by atoms with van der Waals surface area (Å²) in [6.45, 7) is 6.81. The van der Waals surface area contributed by atoms with Crippen LogP contribution >= 0.6 is 0 Å². The number of hydrogen-bond donors (Lipinski definition) is 0. The second kappa shape index (κ2) is 12.0. The molecule has 0 N–H and O–H groups in total. The molecule has 0 radical (unpaired) electrons. The van der Waals surface area contributed by atoms with Crippen molar-refractivity contribution in [2.24, 2.45) is 7.05 Å². The molecule has 2 atom stereocenters. The smallest absolute Gasteiger partial charge is 0.228 e. The summed E-state index contributed by atoms with van der Waals surface area (Å²) < 4.78 is 14.1. The normalized spacial score (nSPS) is 14.9. The van der Waals surface area contributed by atoms with Crippen LogP contribution in [0.3, 0.4) is 0 Å². The van der Waals surface area contributed by atoms with Gasteiger partial charge in [-0.2, -0.15) is 0 Å². The monoisotopic (exact) mass is 497 g/mol. The second-order valence-electron chi connectivity index (χ2n) is 10.1. The van der Waals surface area contributed by atoms with Gasteiger partial charge >= 0.3 is 0 Å². The maximum absolute atomic E-state index is 13.4. The molecule has 3 aromatic carbocycles. The van der Waals surface area contributed by atoms with Crippen LogP contribution in [0.4, 0.5) is 10.1 Å². The minimum Gasteiger partial charge on any atom is -0.337 e. The van der Waals surface area contributed by atoms with E-state index < -0.39 is 0 Å². The summed E-state index contributed by atoms with van der Waals surface area (Å²) in [7, 11) is 1.97. The van der Waals surface area contributed by atoms with E-state index >= 15 is 0 Å². The highest BCUT2D eigenvalue weighted by Gasteiger charge is 2.24. The first-order chi connectivity index (χ1) is 17.8. The zero-order chi connectivity index (χ0) is 26.4. The van der Waals surface area contributed by atoms with Crippen molar-refractivity contribution in [1.82, 2.24) is 9.55 Å². The lowest BCUT2D eigenvalue weighted by atomic mass is 9.97. The number of aromatic nitrogens is 2. The van der Waals surface area contributed by atoms with E-state index in [1.54, 1.807) is 18.3 Å². The Kier molecular flexibility index (Phi) is 8.54. The van der Waals surface area contributed by atoms with Crippen LogP contribution in [0.25, 0.3) is 0 Å². The number of anilines is 1. The Labute approximate surface area is 219 Å². The Morgan fingerprint density at radius 3 is 2.49 bits per heavy atom. The van der Waals surface area contributed by atoms with Gasteiger partial charge in [-0.25, -0.2) is 9.37 Å². The van der Waals surface area contributed by atoms with Gasteiger partial charge in [0.2, 0.25) is 5.91 Å². The molecule has 37 heavy (non-hydrogen) atoms. The first kappa shape index (κ1) is 26.3. The van der Waals surface area contributed by atoms with Crippen molar-refractivity contribution in [1.29, 1.82) is 0 Å². The molecule has 1 aromatic heterocycles. The van der Waals surface area contributed by atoms with Crippen molar-refractivity contribution in [3.8, 4) is 0 Å². The third kappa shape index (κ3) is 6.73. The molecule has 4 nitrogen and oxygen atoms in total. The molecule has 0 unspecified atom stereocenters. The Hall–Kier alpha value is -3.73. The van der Waals surface area contributed by atoms with Gasteiger partial charge in [0.05, 0.1) is 6.54 Å². The summed E-state index contributed by atoms with van der Waals surface area (Å²) in [5.74, 6) is 1.57. The highest BCUT2D eigenvalue weighted by molar-refractivity contribution is 5.93. The number of hydrogen-bond acceptors (Lipinski definition) is 2. The SMILES string of the molecule is C[C@@H]1CCc2ccc(N(Cc3nccn3C)C(=O)C[C@H](C)c3ccccc3)cc21.Cc1ccc(F)cc1. The molecule has 1 amide bonds. The average Bonchev–Trinajstić information content (AvgIpc) is 3.49. The van der Waals surface area contributed by atoms with E-state index in [0.717, 1.165) is 23.5 Å². The van der Waals surface area contributed by atoms with Crippen LogP contribution in [0.2, 0.25) is 0 Å². The van der Waals surface area contributed by atoms with E-state index in [1.165, 1.54) is 35.2 Å². The van der Waals surface area contributed by atoms with E-state index in [4.69, 9.17) is 0 Å². The number of imidazole rings is 1.